The third kappa shape index (κ3) is 5.52. The fourth-order valence-corrected chi connectivity index (χ4v) is 9.31. The van der Waals surface area contributed by atoms with E-state index in [0.717, 1.165) is 61.3 Å². The summed E-state index contributed by atoms with van der Waals surface area (Å²) in [5.41, 5.74) is 11.1. The summed E-state index contributed by atoms with van der Waals surface area (Å²) < 4.78 is 5.00. The van der Waals surface area contributed by atoms with E-state index in [1.165, 1.54) is 31.1 Å². The Hall–Kier alpha value is -7.08. The molecule has 0 saturated carbocycles. The first kappa shape index (κ1) is 32.4. The van der Waals surface area contributed by atoms with Crippen LogP contribution in [0.1, 0.15) is 22.9 Å². The van der Waals surface area contributed by atoms with Gasteiger partial charge in [-0.2, -0.15) is 0 Å². The molecule has 3 heterocycles. The fraction of sp³-hybridized carbons (Fsp3) is 0.0196. The number of aromatic nitrogens is 1. The van der Waals surface area contributed by atoms with E-state index in [-0.39, 0.29) is 6.17 Å². The number of aliphatic imine (C=N–C) groups is 2. The molecule has 1 atom stereocenters. The van der Waals surface area contributed by atoms with E-state index in [0.29, 0.717) is 5.84 Å². The molecule has 10 aromatic rings. The molecule has 0 bridgehead atoms. The molecule has 0 radical (unpaired) electrons. The van der Waals surface area contributed by atoms with Gasteiger partial charge in [-0.05, 0) is 76.3 Å². The van der Waals surface area contributed by atoms with Crippen LogP contribution >= 0.6 is 11.3 Å². The maximum atomic E-state index is 5.43. The zero-order valence-corrected chi connectivity index (χ0v) is 31.1. The highest BCUT2D eigenvalue weighted by Gasteiger charge is 2.25. The van der Waals surface area contributed by atoms with Crippen molar-refractivity contribution in [2.75, 3.05) is 0 Å². The molecule has 5 heteroatoms. The second kappa shape index (κ2) is 13.3. The lowest BCUT2D eigenvalue weighted by molar-refractivity contribution is 0.674. The zero-order valence-electron chi connectivity index (χ0n) is 30.3. The van der Waals surface area contributed by atoms with Gasteiger partial charge in [0.2, 0.25) is 0 Å². The van der Waals surface area contributed by atoms with Gasteiger partial charge in [0, 0.05) is 47.8 Å². The van der Waals surface area contributed by atoms with E-state index in [2.05, 4.69) is 204 Å². The van der Waals surface area contributed by atoms with Gasteiger partial charge < -0.3 is 9.88 Å². The van der Waals surface area contributed by atoms with Crippen molar-refractivity contribution in [1.29, 1.82) is 0 Å². The lowest BCUT2D eigenvalue weighted by atomic mass is 10.00. The van der Waals surface area contributed by atoms with Crippen molar-refractivity contribution in [3.8, 4) is 27.9 Å². The highest BCUT2D eigenvalue weighted by Crippen LogP contribution is 2.39. The minimum Gasteiger partial charge on any atom is -0.344 e. The van der Waals surface area contributed by atoms with Gasteiger partial charge in [0.25, 0.3) is 0 Å². The zero-order chi connectivity index (χ0) is 37.0. The molecule has 1 unspecified atom stereocenters. The van der Waals surface area contributed by atoms with Gasteiger partial charge >= 0.3 is 0 Å². The van der Waals surface area contributed by atoms with Gasteiger partial charge in [0.15, 0.2) is 5.84 Å². The van der Waals surface area contributed by atoms with Crippen LogP contribution in [0.15, 0.2) is 204 Å². The molecular formula is C51H34N4S. The van der Waals surface area contributed by atoms with Crippen LogP contribution in [0, 0.1) is 0 Å². The highest BCUT2D eigenvalue weighted by atomic mass is 32.1. The van der Waals surface area contributed by atoms with E-state index in [1.807, 2.05) is 11.3 Å². The molecule has 1 aliphatic rings. The van der Waals surface area contributed by atoms with E-state index >= 15 is 0 Å². The average Bonchev–Trinajstić information content (AvgIpc) is 3.82. The highest BCUT2D eigenvalue weighted by molar-refractivity contribution is 7.25. The van der Waals surface area contributed by atoms with Crippen molar-refractivity contribution in [2.24, 2.45) is 9.98 Å². The number of thiophene rings is 1. The van der Waals surface area contributed by atoms with Crippen LogP contribution in [0.5, 0.6) is 0 Å². The molecule has 0 saturated heterocycles. The van der Waals surface area contributed by atoms with E-state index in [4.69, 9.17) is 9.98 Å². The first-order chi connectivity index (χ1) is 27.7. The maximum absolute atomic E-state index is 5.43. The smallest absolute Gasteiger partial charge is 0.160 e. The molecule has 1 N–H and O–H groups in total. The van der Waals surface area contributed by atoms with Crippen LogP contribution in [0.25, 0.3) is 69.9 Å². The Balaban J connectivity index is 1.11. The monoisotopic (exact) mass is 734 g/mol. The van der Waals surface area contributed by atoms with Crippen molar-refractivity contribution in [3.63, 3.8) is 0 Å². The van der Waals surface area contributed by atoms with Crippen LogP contribution < -0.4 is 5.32 Å². The molecule has 2 aromatic heterocycles. The van der Waals surface area contributed by atoms with Crippen molar-refractivity contribution >= 4 is 65.0 Å². The molecule has 1 aliphatic heterocycles. The summed E-state index contributed by atoms with van der Waals surface area (Å²) in [6, 6.07) is 69.2. The third-order valence-electron chi connectivity index (χ3n) is 10.9. The quantitative estimate of drug-likeness (QED) is 0.182. The fourth-order valence-electron chi connectivity index (χ4n) is 8.22. The Labute approximate surface area is 328 Å². The second-order valence-electron chi connectivity index (χ2n) is 14.2. The summed E-state index contributed by atoms with van der Waals surface area (Å²) in [4.78, 5) is 10.8. The summed E-state index contributed by atoms with van der Waals surface area (Å²) in [7, 11) is 0. The number of rotatable bonds is 6. The minimum atomic E-state index is -0.362. The van der Waals surface area contributed by atoms with Gasteiger partial charge in [-0.15, -0.1) is 11.3 Å². The predicted molar refractivity (Wildman–Crippen MR) is 236 cm³/mol. The molecule has 4 nitrogen and oxygen atoms in total. The van der Waals surface area contributed by atoms with Crippen molar-refractivity contribution in [1.82, 2.24) is 9.88 Å². The lowest BCUT2D eigenvalue weighted by Crippen LogP contribution is -2.33. The SMILES string of the molecule is c1ccc(-c2cccc(C3=NC(c4cccc5c4c4ccccc4n5-c4ccc5sc6ccccc6c5c4)=NC(c4cccc(-c5ccccc5)c4)N3)c2)cc1. The number of hydrogen-bond acceptors (Lipinski definition) is 4. The van der Waals surface area contributed by atoms with Crippen LogP contribution in [-0.2, 0) is 0 Å². The topological polar surface area (TPSA) is 41.7 Å². The Morgan fingerprint density at radius 2 is 1.09 bits per heavy atom. The standard InChI is InChI=1S/C51H34N4S/c1-3-14-33(15-4-1)35-18-11-20-37(30-35)49-52-50(38-21-12-19-36(31-38)34-16-5-2-6-17-34)54-51(53-49)42-24-13-26-45-48(42)41-23-7-9-25-44(41)55(45)39-28-29-47-43(32-39)40-22-8-10-27-46(40)56-47/h1-32,49H,(H,52,53,54). The average molecular weight is 735 g/mol. The molecule has 0 amide bonds. The van der Waals surface area contributed by atoms with Crippen LogP contribution in [0.2, 0.25) is 0 Å². The number of amidine groups is 2. The van der Waals surface area contributed by atoms with Crippen molar-refractivity contribution in [2.45, 2.75) is 6.17 Å². The van der Waals surface area contributed by atoms with Crippen LogP contribution in [0.4, 0.5) is 0 Å². The molecular weight excluding hydrogens is 701 g/mol. The number of nitrogens with one attached hydrogen (secondary N) is 1. The maximum Gasteiger partial charge on any atom is 0.160 e. The molecule has 56 heavy (non-hydrogen) atoms. The first-order valence-corrected chi connectivity index (χ1v) is 19.8. The van der Waals surface area contributed by atoms with E-state index < -0.39 is 0 Å². The van der Waals surface area contributed by atoms with Crippen LogP contribution in [-0.4, -0.2) is 16.2 Å². The van der Waals surface area contributed by atoms with Gasteiger partial charge in [-0.1, -0.05) is 146 Å². The lowest BCUT2D eigenvalue weighted by Gasteiger charge is -2.24. The molecule has 264 valence electrons. The number of para-hydroxylation sites is 1. The Morgan fingerprint density at radius 1 is 0.464 bits per heavy atom. The largest absolute Gasteiger partial charge is 0.344 e. The predicted octanol–water partition coefficient (Wildman–Crippen LogP) is 13.0. The molecule has 11 rings (SSSR count). The second-order valence-corrected chi connectivity index (χ2v) is 15.3. The third-order valence-corrected chi connectivity index (χ3v) is 12.0. The number of nitrogens with zero attached hydrogens (tertiary/aromatic N) is 3. The Morgan fingerprint density at radius 3 is 1.91 bits per heavy atom. The molecule has 0 aliphatic carbocycles. The summed E-state index contributed by atoms with van der Waals surface area (Å²) in [6.07, 6.45) is -0.362. The van der Waals surface area contributed by atoms with Crippen molar-refractivity contribution in [3.05, 3.63) is 211 Å². The summed E-state index contributed by atoms with van der Waals surface area (Å²) in [5, 5.41) is 8.62. The number of fused-ring (bicyclic) bond motifs is 6. The molecule has 0 fully saturated rings. The Bertz CT molecular complexity index is 3170. The molecule has 0 spiro atoms. The summed E-state index contributed by atoms with van der Waals surface area (Å²) >= 11 is 1.85. The van der Waals surface area contributed by atoms with Gasteiger partial charge in [-0.3, -0.25) is 0 Å². The Kier molecular flexibility index (Phi) is 7.71. The summed E-state index contributed by atoms with van der Waals surface area (Å²) in [5.74, 6) is 1.49. The van der Waals surface area contributed by atoms with E-state index in [9.17, 15) is 0 Å². The minimum absolute atomic E-state index is 0.362. The first-order valence-electron chi connectivity index (χ1n) is 18.9. The van der Waals surface area contributed by atoms with Crippen LogP contribution in [0.3, 0.4) is 0 Å². The number of benzene rings is 8. The van der Waals surface area contributed by atoms with Gasteiger partial charge in [0.1, 0.15) is 12.0 Å². The van der Waals surface area contributed by atoms with Gasteiger partial charge in [0.05, 0.1) is 11.0 Å². The summed E-state index contributed by atoms with van der Waals surface area (Å²) in [6.45, 7) is 0. The van der Waals surface area contributed by atoms with E-state index in [1.54, 1.807) is 0 Å². The molecule has 8 aromatic carbocycles. The van der Waals surface area contributed by atoms with Gasteiger partial charge in [-0.25, -0.2) is 9.98 Å². The number of hydrogen-bond donors (Lipinski definition) is 1. The van der Waals surface area contributed by atoms with Crippen molar-refractivity contribution < 1.29 is 0 Å². The normalized spacial score (nSPS) is 14.2.